The number of carbonyl (C=O) groups is 1. The Kier molecular flexibility index (Phi) is 2.78. The number of nitrogens with zero attached hydrogens (tertiary/aromatic N) is 1. The van der Waals surface area contributed by atoms with Crippen molar-refractivity contribution in [1.82, 2.24) is 4.98 Å². The van der Waals surface area contributed by atoms with Gasteiger partial charge < -0.3 is 4.74 Å². The van der Waals surface area contributed by atoms with Crippen LogP contribution in [0.15, 0.2) is 35.8 Å². The van der Waals surface area contributed by atoms with Crippen LogP contribution in [0, 0.1) is 0 Å². The summed E-state index contributed by atoms with van der Waals surface area (Å²) >= 11 is 1.36. The summed E-state index contributed by atoms with van der Waals surface area (Å²) in [5, 5.41) is 1.90. The maximum Gasteiger partial charge on any atom is 0.348 e. The van der Waals surface area contributed by atoms with Gasteiger partial charge in [-0.1, -0.05) is 6.07 Å². The molecule has 76 valence electrons. The molecule has 3 nitrogen and oxygen atoms in total. The van der Waals surface area contributed by atoms with Gasteiger partial charge in [-0.3, -0.25) is 4.98 Å². The van der Waals surface area contributed by atoms with Crippen molar-refractivity contribution in [3.63, 3.8) is 0 Å². The standard InChI is InChI=1S/C11H9NO2S/c1-14-11(13)10-6-8(7-15-10)9-4-2-3-5-12-9/h2-7H,1H3. The first-order valence-corrected chi connectivity index (χ1v) is 5.27. The normalized spacial score (nSPS) is 9.93. The molecule has 2 aromatic rings. The van der Waals surface area contributed by atoms with Crippen molar-refractivity contribution in [2.75, 3.05) is 7.11 Å². The van der Waals surface area contributed by atoms with Gasteiger partial charge in [0, 0.05) is 17.1 Å². The minimum absolute atomic E-state index is 0.304. The fourth-order valence-electron chi connectivity index (χ4n) is 1.21. The van der Waals surface area contributed by atoms with E-state index >= 15 is 0 Å². The molecule has 2 aromatic heterocycles. The third kappa shape index (κ3) is 2.05. The number of thiophene rings is 1. The van der Waals surface area contributed by atoms with E-state index in [1.807, 2.05) is 23.6 Å². The number of methoxy groups -OCH3 is 1. The van der Waals surface area contributed by atoms with Crippen molar-refractivity contribution >= 4 is 17.3 Å². The Morgan fingerprint density at radius 3 is 3.00 bits per heavy atom. The summed E-state index contributed by atoms with van der Waals surface area (Å²) in [7, 11) is 1.38. The van der Waals surface area contributed by atoms with E-state index in [-0.39, 0.29) is 5.97 Å². The summed E-state index contributed by atoms with van der Waals surface area (Å²) in [6, 6.07) is 7.47. The molecule has 0 fully saturated rings. The van der Waals surface area contributed by atoms with Gasteiger partial charge in [-0.05, 0) is 18.2 Å². The lowest BCUT2D eigenvalue weighted by molar-refractivity contribution is 0.0606. The molecule has 0 saturated carbocycles. The highest BCUT2D eigenvalue weighted by Crippen LogP contribution is 2.24. The number of aromatic nitrogens is 1. The van der Waals surface area contributed by atoms with Gasteiger partial charge in [0.05, 0.1) is 12.8 Å². The topological polar surface area (TPSA) is 39.2 Å². The number of pyridine rings is 1. The first kappa shape index (κ1) is 9.86. The van der Waals surface area contributed by atoms with E-state index in [9.17, 15) is 4.79 Å². The van der Waals surface area contributed by atoms with E-state index in [1.54, 1.807) is 12.3 Å². The Balaban J connectivity index is 2.32. The van der Waals surface area contributed by atoms with Gasteiger partial charge in [0.1, 0.15) is 4.88 Å². The summed E-state index contributed by atoms with van der Waals surface area (Å²) in [4.78, 5) is 16.0. The number of carbonyl (C=O) groups excluding carboxylic acids is 1. The maximum atomic E-state index is 11.2. The highest BCUT2D eigenvalue weighted by molar-refractivity contribution is 7.12. The van der Waals surface area contributed by atoms with E-state index in [4.69, 9.17) is 0 Å². The van der Waals surface area contributed by atoms with E-state index in [2.05, 4.69) is 9.72 Å². The first-order chi connectivity index (χ1) is 7.31. The van der Waals surface area contributed by atoms with Gasteiger partial charge in [0.2, 0.25) is 0 Å². The lowest BCUT2D eigenvalue weighted by Gasteiger charge is -1.94. The summed E-state index contributed by atoms with van der Waals surface area (Å²) in [5.41, 5.74) is 1.81. The summed E-state index contributed by atoms with van der Waals surface area (Å²) in [6.07, 6.45) is 1.73. The lowest BCUT2D eigenvalue weighted by atomic mass is 10.2. The molecule has 15 heavy (non-hydrogen) atoms. The second kappa shape index (κ2) is 4.23. The zero-order chi connectivity index (χ0) is 10.7. The van der Waals surface area contributed by atoms with E-state index < -0.39 is 0 Å². The molecule has 0 unspecified atom stereocenters. The molecule has 0 amide bonds. The second-order valence-corrected chi connectivity index (χ2v) is 3.82. The van der Waals surface area contributed by atoms with Crippen molar-refractivity contribution < 1.29 is 9.53 Å². The van der Waals surface area contributed by atoms with Crippen molar-refractivity contribution in [2.24, 2.45) is 0 Å². The van der Waals surface area contributed by atoms with Gasteiger partial charge in [-0.15, -0.1) is 11.3 Å². The highest BCUT2D eigenvalue weighted by Gasteiger charge is 2.09. The van der Waals surface area contributed by atoms with E-state index in [0.717, 1.165) is 11.3 Å². The number of rotatable bonds is 2. The van der Waals surface area contributed by atoms with Crippen LogP contribution >= 0.6 is 11.3 Å². The summed E-state index contributed by atoms with van der Waals surface area (Å²) < 4.78 is 4.64. The largest absolute Gasteiger partial charge is 0.465 e. The van der Waals surface area contributed by atoms with Crippen molar-refractivity contribution in [1.29, 1.82) is 0 Å². The van der Waals surface area contributed by atoms with Gasteiger partial charge in [0.25, 0.3) is 0 Å². The number of ether oxygens (including phenoxy) is 1. The molecule has 0 bridgehead atoms. The zero-order valence-corrected chi connectivity index (χ0v) is 8.95. The Bertz CT molecular complexity index is 464. The molecule has 2 rings (SSSR count). The molecule has 0 atom stereocenters. The molecule has 0 spiro atoms. The molecule has 0 aromatic carbocycles. The smallest absolute Gasteiger partial charge is 0.348 e. The maximum absolute atomic E-state index is 11.2. The molecule has 2 heterocycles. The fraction of sp³-hybridized carbons (Fsp3) is 0.0909. The zero-order valence-electron chi connectivity index (χ0n) is 8.14. The Morgan fingerprint density at radius 1 is 1.47 bits per heavy atom. The molecule has 0 aliphatic carbocycles. The van der Waals surface area contributed by atoms with Crippen LogP contribution in [0.4, 0.5) is 0 Å². The van der Waals surface area contributed by atoms with Crippen LogP contribution in [0.3, 0.4) is 0 Å². The van der Waals surface area contributed by atoms with E-state index in [0.29, 0.717) is 4.88 Å². The highest BCUT2D eigenvalue weighted by atomic mass is 32.1. The predicted molar refractivity (Wildman–Crippen MR) is 58.9 cm³/mol. The average molecular weight is 219 g/mol. The number of esters is 1. The lowest BCUT2D eigenvalue weighted by Crippen LogP contribution is -1.96. The third-order valence-electron chi connectivity index (χ3n) is 1.95. The average Bonchev–Trinajstić information content (AvgIpc) is 2.78. The fourth-order valence-corrected chi connectivity index (χ4v) is 2.03. The molecule has 0 aliphatic rings. The summed E-state index contributed by atoms with van der Waals surface area (Å²) in [6.45, 7) is 0. The van der Waals surface area contributed by atoms with Crippen LogP contribution in [0.2, 0.25) is 0 Å². The SMILES string of the molecule is COC(=O)c1cc(-c2ccccn2)cs1. The van der Waals surface area contributed by atoms with Crippen LogP contribution < -0.4 is 0 Å². The summed E-state index contributed by atoms with van der Waals surface area (Å²) in [5.74, 6) is -0.304. The number of hydrogen-bond donors (Lipinski definition) is 0. The quantitative estimate of drug-likeness (QED) is 0.729. The van der Waals surface area contributed by atoms with Crippen LogP contribution in [-0.2, 0) is 4.74 Å². The predicted octanol–water partition coefficient (Wildman–Crippen LogP) is 2.60. The Hall–Kier alpha value is -1.68. The van der Waals surface area contributed by atoms with Crippen molar-refractivity contribution in [3.05, 3.63) is 40.7 Å². The van der Waals surface area contributed by atoms with Crippen LogP contribution in [0.25, 0.3) is 11.3 Å². The third-order valence-corrected chi connectivity index (χ3v) is 2.86. The van der Waals surface area contributed by atoms with Gasteiger partial charge in [-0.2, -0.15) is 0 Å². The Labute approximate surface area is 91.4 Å². The monoisotopic (exact) mass is 219 g/mol. The molecular formula is C11H9NO2S. The molecular weight excluding hydrogens is 210 g/mol. The van der Waals surface area contributed by atoms with Crippen molar-refractivity contribution in [2.45, 2.75) is 0 Å². The van der Waals surface area contributed by atoms with Gasteiger partial charge in [0.15, 0.2) is 0 Å². The first-order valence-electron chi connectivity index (χ1n) is 4.39. The Morgan fingerprint density at radius 2 is 2.33 bits per heavy atom. The molecule has 4 heteroatoms. The molecule has 0 N–H and O–H groups in total. The van der Waals surface area contributed by atoms with Crippen LogP contribution in [0.1, 0.15) is 9.67 Å². The number of hydrogen-bond acceptors (Lipinski definition) is 4. The van der Waals surface area contributed by atoms with Crippen LogP contribution in [-0.4, -0.2) is 18.1 Å². The molecule has 0 radical (unpaired) electrons. The van der Waals surface area contributed by atoms with Gasteiger partial charge >= 0.3 is 5.97 Å². The van der Waals surface area contributed by atoms with E-state index in [1.165, 1.54) is 18.4 Å². The molecule has 0 saturated heterocycles. The van der Waals surface area contributed by atoms with Crippen molar-refractivity contribution in [3.8, 4) is 11.3 Å². The molecule has 0 aliphatic heterocycles. The minimum Gasteiger partial charge on any atom is -0.465 e. The second-order valence-electron chi connectivity index (χ2n) is 2.91. The minimum atomic E-state index is -0.304. The van der Waals surface area contributed by atoms with Gasteiger partial charge in [-0.25, -0.2) is 4.79 Å². The van der Waals surface area contributed by atoms with Crippen LogP contribution in [0.5, 0.6) is 0 Å².